The Labute approximate surface area is 164 Å². The number of aryl methyl sites for hydroxylation is 1. The minimum atomic E-state index is -4.73. The molecule has 3 heterocycles. The van der Waals surface area contributed by atoms with Crippen LogP contribution >= 0.6 is 0 Å². The van der Waals surface area contributed by atoms with E-state index in [1.165, 1.54) is 43.4 Å². The number of hydrogen-bond donors (Lipinski definition) is 1. The largest absolute Gasteiger partial charge is 0.418 e. The van der Waals surface area contributed by atoms with Crippen LogP contribution in [0.3, 0.4) is 0 Å². The molecule has 0 radical (unpaired) electrons. The van der Waals surface area contributed by atoms with Gasteiger partial charge in [0.05, 0.1) is 12.1 Å². The highest BCUT2D eigenvalue weighted by atomic mass is 32.3. The van der Waals surface area contributed by atoms with Crippen molar-refractivity contribution >= 4 is 16.4 Å². The highest BCUT2D eigenvalue weighted by molar-refractivity contribution is 7.80. The van der Waals surface area contributed by atoms with Crippen molar-refractivity contribution < 1.29 is 26.6 Å². The van der Waals surface area contributed by atoms with E-state index in [9.17, 15) is 13.2 Å². The molecule has 9 nitrogen and oxygen atoms in total. The van der Waals surface area contributed by atoms with Gasteiger partial charge >= 0.3 is 16.4 Å². The Morgan fingerprint density at radius 2 is 2.00 bits per heavy atom. The number of aromatic nitrogens is 1. The molecule has 3 aliphatic rings. The predicted molar refractivity (Wildman–Crippen MR) is 98.4 cm³/mol. The maximum absolute atomic E-state index is 12.5. The van der Waals surface area contributed by atoms with Gasteiger partial charge < -0.3 is 9.42 Å². The Hall–Kier alpha value is -1.65. The van der Waals surface area contributed by atoms with Crippen molar-refractivity contribution in [3.63, 3.8) is 0 Å². The van der Waals surface area contributed by atoms with E-state index in [1.54, 1.807) is 0 Å². The van der Waals surface area contributed by atoms with Gasteiger partial charge in [0.2, 0.25) is 0 Å². The van der Waals surface area contributed by atoms with Crippen LogP contribution in [-0.4, -0.2) is 46.7 Å². The molecule has 2 saturated heterocycles. The van der Waals surface area contributed by atoms with E-state index >= 15 is 0 Å². The average Bonchev–Trinajstić information content (AvgIpc) is 3.22. The number of hydrogen-bond acceptors (Lipinski definition) is 6. The lowest BCUT2D eigenvalue weighted by atomic mass is 9.86. The molecule has 10 heteroatoms. The van der Waals surface area contributed by atoms with Crippen LogP contribution in [0.5, 0.6) is 0 Å². The van der Waals surface area contributed by atoms with Gasteiger partial charge in [-0.3, -0.25) is 4.55 Å². The van der Waals surface area contributed by atoms with E-state index < -0.39 is 22.5 Å². The van der Waals surface area contributed by atoms with Gasteiger partial charge in [-0.2, -0.15) is 13.5 Å². The monoisotopic (exact) mass is 413 g/mol. The minimum absolute atomic E-state index is 0.269. The Bertz CT molecular complexity index is 804. The number of piperidine rings is 1. The summed E-state index contributed by atoms with van der Waals surface area (Å²) >= 11 is 0. The molecule has 1 aromatic rings. The van der Waals surface area contributed by atoms with Gasteiger partial charge in [0.15, 0.2) is 0 Å². The third-order valence-electron chi connectivity index (χ3n) is 6.18. The fourth-order valence-electron chi connectivity index (χ4n) is 4.78. The molecule has 1 N–H and O–H groups in total. The highest BCUT2D eigenvalue weighted by Gasteiger charge is 2.48. The van der Waals surface area contributed by atoms with Gasteiger partial charge in [-0.25, -0.2) is 4.79 Å². The molecule has 1 saturated carbocycles. The molecular weight excluding hydrogens is 386 g/mol. The molecule has 2 aliphatic heterocycles. The number of carbonyl (C=O) groups is 1. The van der Waals surface area contributed by atoms with Crippen molar-refractivity contribution in [3.8, 4) is 0 Å². The van der Waals surface area contributed by atoms with E-state index in [0.29, 0.717) is 25.1 Å². The second-order valence-electron chi connectivity index (χ2n) is 8.12. The van der Waals surface area contributed by atoms with E-state index in [1.807, 2.05) is 6.07 Å². The van der Waals surface area contributed by atoms with Crippen LogP contribution in [0, 0.1) is 5.92 Å². The second-order valence-corrected chi connectivity index (χ2v) is 9.13. The summed E-state index contributed by atoms with van der Waals surface area (Å²) in [5.41, 5.74) is 0.688. The molecule has 3 fully saturated rings. The summed E-state index contributed by atoms with van der Waals surface area (Å²) in [4.78, 5) is 14.0. The molecule has 1 aliphatic carbocycles. The zero-order valence-electron chi connectivity index (χ0n) is 15.8. The van der Waals surface area contributed by atoms with Gasteiger partial charge in [0.1, 0.15) is 11.5 Å². The van der Waals surface area contributed by atoms with Gasteiger partial charge in [-0.05, 0) is 25.2 Å². The first-order chi connectivity index (χ1) is 13.4. The predicted octanol–water partition coefficient (Wildman–Crippen LogP) is 3.25. The third-order valence-corrected chi connectivity index (χ3v) is 6.53. The Kier molecular flexibility index (Phi) is 5.62. The molecule has 28 heavy (non-hydrogen) atoms. The fourth-order valence-corrected chi connectivity index (χ4v) is 5.17. The lowest BCUT2D eigenvalue weighted by Crippen LogP contribution is -2.35. The molecule has 2 amide bonds. The zero-order valence-corrected chi connectivity index (χ0v) is 16.6. The number of carbonyl (C=O) groups excluding carboxylic acids is 1. The molecule has 0 spiro atoms. The van der Waals surface area contributed by atoms with Crippen LogP contribution in [0.4, 0.5) is 4.79 Å². The molecule has 2 bridgehead atoms. The lowest BCUT2D eigenvalue weighted by molar-refractivity contribution is -0.0317. The van der Waals surface area contributed by atoms with Crippen LogP contribution in [0.25, 0.3) is 0 Å². The number of amides is 2. The SMILES string of the molecule is O=C1N2C[C@@H](CC[C@H]2c2cc(CCCC3CCCCC3)on2)N1OS(=O)(=O)O. The topological polar surface area (TPSA) is 113 Å². The summed E-state index contributed by atoms with van der Waals surface area (Å²) in [6.45, 7) is 0.336. The van der Waals surface area contributed by atoms with Crippen molar-refractivity contribution in [1.29, 1.82) is 0 Å². The van der Waals surface area contributed by atoms with Crippen molar-refractivity contribution in [2.45, 2.75) is 76.3 Å². The number of fused-ring (bicyclic) bond motifs is 2. The maximum Gasteiger partial charge on any atom is 0.418 e. The second kappa shape index (κ2) is 8.00. The molecule has 2 atom stereocenters. The Balaban J connectivity index is 1.34. The Morgan fingerprint density at radius 1 is 1.21 bits per heavy atom. The van der Waals surface area contributed by atoms with Crippen molar-refractivity contribution in [2.75, 3.05) is 6.54 Å². The molecule has 4 rings (SSSR count). The van der Waals surface area contributed by atoms with Crippen molar-refractivity contribution in [3.05, 3.63) is 17.5 Å². The smallest absolute Gasteiger partial charge is 0.361 e. The third kappa shape index (κ3) is 4.33. The van der Waals surface area contributed by atoms with Crippen molar-refractivity contribution in [1.82, 2.24) is 15.1 Å². The van der Waals surface area contributed by atoms with Crippen molar-refractivity contribution in [2.24, 2.45) is 5.92 Å². The molecule has 156 valence electrons. The van der Waals surface area contributed by atoms with E-state index in [0.717, 1.165) is 29.6 Å². The van der Waals surface area contributed by atoms with Gasteiger partial charge in [0, 0.05) is 19.0 Å². The zero-order chi connectivity index (χ0) is 19.7. The van der Waals surface area contributed by atoms with E-state index in [-0.39, 0.29) is 6.04 Å². The van der Waals surface area contributed by atoms with Crippen LogP contribution in [0.15, 0.2) is 10.6 Å². The highest BCUT2D eigenvalue weighted by Crippen LogP contribution is 2.38. The number of nitrogens with zero attached hydrogens (tertiary/aromatic N) is 3. The summed E-state index contributed by atoms with van der Waals surface area (Å²) in [5, 5.41) is 4.91. The minimum Gasteiger partial charge on any atom is -0.361 e. The summed E-state index contributed by atoms with van der Waals surface area (Å²) in [6.07, 6.45) is 11.1. The summed E-state index contributed by atoms with van der Waals surface area (Å²) in [7, 11) is -4.73. The average molecular weight is 413 g/mol. The quantitative estimate of drug-likeness (QED) is 0.683. The standard InChI is InChI=1S/C18H27N3O6S/c22-18-20-12-14(21(18)27-28(23,24)25)9-10-17(20)16-11-15(26-19-16)8-4-7-13-5-2-1-3-6-13/h11,13-14,17H,1-10,12H2,(H,23,24,25)/t14-,17+/m1/s1. The number of rotatable bonds is 7. The van der Waals surface area contributed by atoms with Crippen LogP contribution in [-0.2, 0) is 21.1 Å². The summed E-state index contributed by atoms with van der Waals surface area (Å²) in [5.74, 6) is 1.66. The van der Waals surface area contributed by atoms with E-state index in [4.69, 9.17) is 9.08 Å². The number of urea groups is 1. The molecule has 1 aromatic heterocycles. The van der Waals surface area contributed by atoms with Gasteiger partial charge in [-0.15, -0.1) is 4.28 Å². The first-order valence-electron chi connectivity index (χ1n) is 10.1. The summed E-state index contributed by atoms with van der Waals surface area (Å²) < 4.78 is 40.8. The van der Waals surface area contributed by atoms with Gasteiger partial charge in [-0.1, -0.05) is 43.7 Å². The lowest BCUT2D eigenvalue weighted by Gasteiger charge is -2.28. The van der Waals surface area contributed by atoms with Crippen LogP contribution in [0.2, 0.25) is 0 Å². The normalized spacial score (nSPS) is 26.2. The first kappa shape index (κ1) is 19.7. The molecular formula is C18H27N3O6S. The molecule has 0 aromatic carbocycles. The van der Waals surface area contributed by atoms with Crippen LogP contribution in [0.1, 0.15) is 75.3 Å². The van der Waals surface area contributed by atoms with Gasteiger partial charge in [0.25, 0.3) is 0 Å². The number of hydroxylamine groups is 2. The Morgan fingerprint density at radius 3 is 2.75 bits per heavy atom. The molecule has 0 unspecified atom stereocenters. The first-order valence-corrected chi connectivity index (χ1v) is 11.5. The maximum atomic E-state index is 12.5. The fraction of sp³-hybridized carbons (Fsp3) is 0.778. The van der Waals surface area contributed by atoms with Crippen LogP contribution < -0.4 is 0 Å². The summed E-state index contributed by atoms with van der Waals surface area (Å²) in [6, 6.07) is 0.667. The van der Waals surface area contributed by atoms with E-state index in [2.05, 4.69) is 9.44 Å².